The van der Waals surface area contributed by atoms with Crippen LogP contribution in [0.4, 0.5) is 5.69 Å². The van der Waals surface area contributed by atoms with Gasteiger partial charge in [0, 0.05) is 23.7 Å². The third-order valence-electron chi connectivity index (χ3n) is 4.80. The van der Waals surface area contributed by atoms with Gasteiger partial charge in [-0.1, -0.05) is 41.2 Å². The van der Waals surface area contributed by atoms with Crippen LogP contribution in [0.5, 0.6) is 0 Å². The highest BCUT2D eigenvalue weighted by Crippen LogP contribution is 2.37. The van der Waals surface area contributed by atoms with Gasteiger partial charge in [0.05, 0.1) is 21.6 Å². The zero-order chi connectivity index (χ0) is 20.7. The molecule has 10 heteroatoms. The Hall–Kier alpha value is -3.53. The van der Waals surface area contributed by atoms with E-state index in [1.165, 1.54) is 23.9 Å². The quantitative estimate of drug-likeness (QED) is 0.199. The molecule has 1 fully saturated rings. The largest absolute Gasteiger partial charge is 0.338 e. The molecule has 4 aromatic rings. The predicted molar refractivity (Wildman–Crippen MR) is 110 cm³/mol. The number of nitro benzene ring substituents is 1. The number of rotatable bonds is 6. The molecule has 2 aromatic heterocycles. The number of aromatic nitrogens is 4. The van der Waals surface area contributed by atoms with Crippen LogP contribution in [0, 0.1) is 10.1 Å². The number of hydrogen-bond donors (Lipinski definition) is 0. The molecule has 0 atom stereocenters. The molecule has 2 heterocycles. The molecule has 0 saturated heterocycles. The van der Waals surface area contributed by atoms with Gasteiger partial charge in [0.2, 0.25) is 11.7 Å². The highest BCUT2D eigenvalue weighted by atomic mass is 32.2. The van der Waals surface area contributed by atoms with E-state index in [2.05, 4.69) is 15.1 Å². The van der Waals surface area contributed by atoms with Crippen molar-refractivity contribution in [2.24, 2.45) is 0 Å². The summed E-state index contributed by atoms with van der Waals surface area (Å²) in [6.07, 6.45) is 1.93. The maximum absolute atomic E-state index is 12.9. The molecule has 9 nitrogen and oxygen atoms in total. The van der Waals surface area contributed by atoms with Gasteiger partial charge in [-0.25, -0.2) is 4.98 Å². The molecular formula is C20H15N5O4S. The first kappa shape index (κ1) is 18.5. The zero-order valence-electron chi connectivity index (χ0n) is 15.6. The van der Waals surface area contributed by atoms with Crippen molar-refractivity contribution < 1.29 is 9.45 Å². The van der Waals surface area contributed by atoms with Gasteiger partial charge in [0.25, 0.3) is 11.2 Å². The fraction of sp³-hybridized carbons (Fsp3) is 0.200. The molecule has 30 heavy (non-hydrogen) atoms. The van der Waals surface area contributed by atoms with E-state index in [1.54, 1.807) is 22.8 Å². The lowest BCUT2D eigenvalue weighted by molar-refractivity contribution is -0.384. The molecule has 0 radical (unpaired) electrons. The average molecular weight is 421 g/mol. The molecule has 0 amide bonds. The highest BCUT2D eigenvalue weighted by molar-refractivity contribution is 7.98. The van der Waals surface area contributed by atoms with Crippen molar-refractivity contribution >= 4 is 28.4 Å². The summed E-state index contributed by atoms with van der Waals surface area (Å²) in [4.78, 5) is 32.4. The number of non-ortho nitro benzene ring substituents is 1. The molecule has 150 valence electrons. The van der Waals surface area contributed by atoms with E-state index < -0.39 is 4.92 Å². The Morgan fingerprint density at radius 3 is 2.80 bits per heavy atom. The molecule has 0 N–H and O–H groups in total. The molecule has 0 unspecified atom stereocenters. The van der Waals surface area contributed by atoms with E-state index >= 15 is 0 Å². The van der Waals surface area contributed by atoms with Crippen molar-refractivity contribution in [1.82, 2.24) is 19.7 Å². The minimum absolute atomic E-state index is 0.0339. The van der Waals surface area contributed by atoms with Crippen LogP contribution < -0.4 is 5.56 Å². The minimum atomic E-state index is -0.469. The SMILES string of the molecule is O=c1c2ccccc2nc(SCc2nc(-c3cccc([N+](=O)[O-])c3)no2)n1C1CC1. The fourth-order valence-corrected chi connectivity index (χ4v) is 4.10. The van der Waals surface area contributed by atoms with Gasteiger partial charge in [0.15, 0.2) is 5.16 Å². The second-order valence-corrected chi connectivity index (χ2v) is 7.87. The number of hydrogen-bond acceptors (Lipinski definition) is 8. The Bertz CT molecular complexity index is 1330. The predicted octanol–water partition coefficient (Wildman–Crippen LogP) is 3.98. The Balaban J connectivity index is 1.42. The number of fused-ring (bicyclic) bond motifs is 1. The third-order valence-corrected chi connectivity index (χ3v) is 5.73. The average Bonchev–Trinajstić information content (AvgIpc) is 3.48. The fourth-order valence-electron chi connectivity index (χ4n) is 3.20. The standard InChI is InChI=1S/C20H15N5O4S/c26-19-15-6-1-2-7-16(15)21-20(24(19)13-8-9-13)30-11-17-22-18(23-29-17)12-4-3-5-14(10-12)25(27)28/h1-7,10,13H,8-9,11H2. The van der Waals surface area contributed by atoms with Crippen LogP contribution in [-0.2, 0) is 5.75 Å². The summed E-state index contributed by atoms with van der Waals surface area (Å²) in [6.45, 7) is 0. The molecule has 1 aliphatic rings. The van der Waals surface area contributed by atoms with E-state index in [-0.39, 0.29) is 23.1 Å². The lowest BCUT2D eigenvalue weighted by Gasteiger charge is -2.11. The Morgan fingerprint density at radius 2 is 2.00 bits per heavy atom. The second kappa shape index (κ2) is 7.38. The molecule has 0 aliphatic heterocycles. The molecule has 0 bridgehead atoms. The molecule has 2 aromatic carbocycles. The van der Waals surface area contributed by atoms with Crippen LogP contribution in [0.25, 0.3) is 22.3 Å². The monoisotopic (exact) mass is 421 g/mol. The van der Waals surface area contributed by atoms with E-state index in [9.17, 15) is 14.9 Å². The van der Waals surface area contributed by atoms with Gasteiger partial charge in [-0.2, -0.15) is 4.98 Å². The van der Waals surface area contributed by atoms with Crippen molar-refractivity contribution in [2.45, 2.75) is 29.8 Å². The molecule has 1 aliphatic carbocycles. The van der Waals surface area contributed by atoms with Gasteiger partial charge in [-0.05, 0) is 25.0 Å². The van der Waals surface area contributed by atoms with Crippen LogP contribution in [0.1, 0.15) is 24.8 Å². The maximum atomic E-state index is 12.9. The number of nitrogens with zero attached hydrogens (tertiary/aromatic N) is 5. The van der Waals surface area contributed by atoms with Crippen molar-refractivity contribution in [2.75, 3.05) is 0 Å². The van der Waals surface area contributed by atoms with E-state index in [4.69, 9.17) is 4.52 Å². The minimum Gasteiger partial charge on any atom is -0.338 e. The maximum Gasteiger partial charge on any atom is 0.270 e. The molecule has 0 spiro atoms. The molecular weight excluding hydrogens is 406 g/mol. The van der Waals surface area contributed by atoms with E-state index in [0.717, 1.165) is 12.8 Å². The number of thioether (sulfide) groups is 1. The summed E-state index contributed by atoms with van der Waals surface area (Å²) in [5.74, 6) is 0.964. The summed E-state index contributed by atoms with van der Waals surface area (Å²) >= 11 is 1.36. The highest BCUT2D eigenvalue weighted by Gasteiger charge is 2.28. The van der Waals surface area contributed by atoms with Crippen molar-refractivity contribution in [3.05, 3.63) is 74.9 Å². The van der Waals surface area contributed by atoms with Crippen LogP contribution >= 0.6 is 11.8 Å². The van der Waals surface area contributed by atoms with Gasteiger partial charge in [0.1, 0.15) is 0 Å². The number of nitro groups is 1. The molecule has 5 rings (SSSR count). The molecule has 1 saturated carbocycles. The first-order valence-corrected chi connectivity index (χ1v) is 10.3. The summed E-state index contributed by atoms with van der Waals surface area (Å²) in [5, 5.41) is 16.1. The Kier molecular flexibility index (Phi) is 4.55. The number of para-hydroxylation sites is 1. The lowest BCUT2D eigenvalue weighted by atomic mass is 10.2. The smallest absolute Gasteiger partial charge is 0.270 e. The number of benzene rings is 2. The Labute approximate surface area is 173 Å². The first-order chi connectivity index (χ1) is 14.6. The van der Waals surface area contributed by atoms with Gasteiger partial charge in [-0.15, -0.1) is 0 Å². The summed E-state index contributed by atoms with van der Waals surface area (Å²) in [5.41, 5.74) is 1.09. The summed E-state index contributed by atoms with van der Waals surface area (Å²) < 4.78 is 7.06. The van der Waals surface area contributed by atoms with Gasteiger partial charge < -0.3 is 4.52 Å². The van der Waals surface area contributed by atoms with Crippen LogP contribution in [0.3, 0.4) is 0 Å². The van der Waals surface area contributed by atoms with Crippen LogP contribution in [0.15, 0.2) is 63.0 Å². The summed E-state index contributed by atoms with van der Waals surface area (Å²) in [6, 6.07) is 13.6. The van der Waals surface area contributed by atoms with Crippen molar-refractivity contribution in [3.63, 3.8) is 0 Å². The zero-order valence-corrected chi connectivity index (χ0v) is 16.4. The van der Waals surface area contributed by atoms with Crippen LogP contribution in [0.2, 0.25) is 0 Å². The van der Waals surface area contributed by atoms with Gasteiger partial charge in [-0.3, -0.25) is 19.5 Å². The van der Waals surface area contributed by atoms with E-state index in [1.807, 2.05) is 18.2 Å². The third kappa shape index (κ3) is 3.45. The topological polar surface area (TPSA) is 117 Å². The van der Waals surface area contributed by atoms with Crippen molar-refractivity contribution in [3.8, 4) is 11.4 Å². The van der Waals surface area contributed by atoms with Crippen molar-refractivity contribution in [1.29, 1.82) is 0 Å². The van der Waals surface area contributed by atoms with Crippen LogP contribution in [-0.4, -0.2) is 24.6 Å². The lowest BCUT2D eigenvalue weighted by Crippen LogP contribution is -2.22. The van der Waals surface area contributed by atoms with Gasteiger partial charge >= 0.3 is 0 Å². The van der Waals surface area contributed by atoms with E-state index in [0.29, 0.717) is 33.3 Å². The Morgan fingerprint density at radius 1 is 1.17 bits per heavy atom. The summed E-state index contributed by atoms with van der Waals surface area (Å²) in [7, 11) is 0. The first-order valence-electron chi connectivity index (χ1n) is 9.31. The normalized spacial score (nSPS) is 13.6. The second-order valence-electron chi connectivity index (χ2n) is 6.93.